The maximum atomic E-state index is 12.4. The van der Waals surface area contributed by atoms with Crippen LogP contribution in [0.5, 0.6) is 0 Å². The number of halogens is 1. The fourth-order valence-electron chi connectivity index (χ4n) is 2.42. The lowest BCUT2D eigenvalue weighted by Crippen LogP contribution is -2.54. The van der Waals surface area contributed by atoms with Crippen molar-refractivity contribution in [3.8, 4) is 0 Å². The second kappa shape index (κ2) is 9.19. The summed E-state index contributed by atoms with van der Waals surface area (Å²) in [7, 11) is 0. The maximum Gasteiger partial charge on any atom is 0.269 e. The minimum Gasteiger partial charge on any atom is -0.340 e. The van der Waals surface area contributed by atoms with Crippen molar-refractivity contribution in [1.29, 1.82) is 0 Å². The van der Waals surface area contributed by atoms with Gasteiger partial charge >= 0.3 is 0 Å². The molecule has 0 fully saturated rings. The number of hydrogen-bond donors (Lipinski definition) is 3. The van der Waals surface area contributed by atoms with Crippen LogP contribution in [0.1, 0.15) is 40.1 Å². The quantitative estimate of drug-likeness (QED) is 0.689. The molecule has 0 unspecified atom stereocenters. The van der Waals surface area contributed by atoms with Gasteiger partial charge in [-0.3, -0.25) is 25.2 Å². The van der Waals surface area contributed by atoms with E-state index >= 15 is 0 Å². The second-order valence-corrected chi connectivity index (χ2v) is 6.95. The molecule has 2 aromatic carbocycles. The van der Waals surface area contributed by atoms with Crippen LogP contribution >= 0.6 is 11.6 Å². The summed E-state index contributed by atoms with van der Waals surface area (Å²) >= 11 is 5.79. The molecule has 27 heavy (non-hydrogen) atoms. The first-order valence-electron chi connectivity index (χ1n) is 8.51. The van der Waals surface area contributed by atoms with E-state index < -0.39 is 17.9 Å². The zero-order chi connectivity index (χ0) is 20.0. The molecule has 3 amide bonds. The van der Waals surface area contributed by atoms with Crippen LogP contribution in [0, 0.1) is 12.8 Å². The van der Waals surface area contributed by atoms with Crippen LogP contribution in [0.15, 0.2) is 48.5 Å². The average molecular weight is 388 g/mol. The highest BCUT2D eigenvalue weighted by atomic mass is 35.5. The molecule has 0 spiro atoms. The first-order chi connectivity index (χ1) is 12.8. The molecular formula is C20H22ClN3O3. The highest BCUT2D eigenvalue weighted by Gasteiger charge is 2.25. The van der Waals surface area contributed by atoms with Crippen molar-refractivity contribution in [3.05, 3.63) is 70.2 Å². The minimum absolute atomic E-state index is 0.175. The molecule has 0 aromatic heterocycles. The predicted octanol–water partition coefficient (Wildman–Crippen LogP) is 2.86. The molecule has 0 heterocycles. The van der Waals surface area contributed by atoms with Gasteiger partial charge in [0.1, 0.15) is 6.04 Å². The van der Waals surface area contributed by atoms with Crippen molar-refractivity contribution >= 4 is 29.3 Å². The Morgan fingerprint density at radius 1 is 0.889 bits per heavy atom. The molecule has 0 aliphatic rings. The van der Waals surface area contributed by atoms with E-state index in [1.807, 2.05) is 26.8 Å². The Bertz CT molecular complexity index is 835. The van der Waals surface area contributed by atoms with Gasteiger partial charge in [0.25, 0.3) is 17.7 Å². The molecule has 0 aliphatic carbocycles. The van der Waals surface area contributed by atoms with Crippen LogP contribution in [0.2, 0.25) is 5.02 Å². The van der Waals surface area contributed by atoms with Gasteiger partial charge in [-0.15, -0.1) is 0 Å². The number of amides is 3. The van der Waals surface area contributed by atoms with E-state index in [2.05, 4.69) is 16.2 Å². The highest BCUT2D eigenvalue weighted by molar-refractivity contribution is 6.30. The summed E-state index contributed by atoms with van der Waals surface area (Å²) in [5.41, 5.74) is 6.47. The lowest BCUT2D eigenvalue weighted by Gasteiger charge is -2.22. The minimum atomic E-state index is -0.802. The largest absolute Gasteiger partial charge is 0.340 e. The molecule has 6 nitrogen and oxygen atoms in total. The summed E-state index contributed by atoms with van der Waals surface area (Å²) in [6.45, 7) is 5.50. The van der Waals surface area contributed by atoms with Gasteiger partial charge in [-0.2, -0.15) is 0 Å². The Labute approximate surface area is 163 Å². The Balaban J connectivity index is 1.99. The molecule has 2 aromatic rings. The van der Waals surface area contributed by atoms with Gasteiger partial charge in [0.2, 0.25) is 0 Å². The number of carbonyl (C=O) groups is 3. The first kappa shape index (κ1) is 20.5. The number of aryl methyl sites for hydroxylation is 1. The summed E-state index contributed by atoms with van der Waals surface area (Å²) < 4.78 is 0. The standard InChI is InChI=1S/C20H22ClN3O3/c1-12(2)17(22-18(25)15-6-4-5-13(3)11-15)20(27)24-23-19(26)14-7-9-16(21)10-8-14/h4-12,17H,1-3H3,(H,22,25)(H,23,26)(H,24,27)/t17-/m0/s1. The highest BCUT2D eigenvalue weighted by Crippen LogP contribution is 2.09. The smallest absolute Gasteiger partial charge is 0.269 e. The molecular weight excluding hydrogens is 366 g/mol. The van der Waals surface area contributed by atoms with Gasteiger partial charge in [-0.05, 0) is 49.2 Å². The van der Waals surface area contributed by atoms with Crippen molar-refractivity contribution < 1.29 is 14.4 Å². The number of hydrogen-bond acceptors (Lipinski definition) is 3. The molecule has 0 saturated carbocycles. The van der Waals surface area contributed by atoms with Crippen LogP contribution in [0.25, 0.3) is 0 Å². The Morgan fingerprint density at radius 2 is 1.56 bits per heavy atom. The van der Waals surface area contributed by atoms with Crippen molar-refractivity contribution in [2.45, 2.75) is 26.8 Å². The van der Waals surface area contributed by atoms with Crippen molar-refractivity contribution in [3.63, 3.8) is 0 Å². The molecule has 3 N–H and O–H groups in total. The molecule has 0 bridgehead atoms. The van der Waals surface area contributed by atoms with E-state index in [1.165, 1.54) is 0 Å². The number of hydrazine groups is 1. The summed E-state index contributed by atoms with van der Waals surface area (Å²) in [4.78, 5) is 36.9. The molecule has 142 valence electrons. The Kier molecular flexibility index (Phi) is 6.96. The summed E-state index contributed by atoms with van der Waals surface area (Å²) in [6, 6.07) is 12.5. The van der Waals surface area contributed by atoms with Crippen molar-refractivity contribution in [1.82, 2.24) is 16.2 Å². The molecule has 7 heteroatoms. The third kappa shape index (κ3) is 5.82. The lowest BCUT2D eigenvalue weighted by atomic mass is 10.0. The van der Waals surface area contributed by atoms with E-state index in [4.69, 9.17) is 11.6 Å². The SMILES string of the molecule is Cc1cccc(C(=O)N[C@H](C(=O)NNC(=O)c2ccc(Cl)cc2)C(C)C)c1. The van der Waals surface area contributed by atoms with Crippen molar-refractivity contribution in [2.75, 3.05) is 0 Å². The van der Waals surface area contributed by atoms with Gasteiger partial charge in [-0.25, -0.2) is 0 Å². The third-order valence-corrected chi connectivity index (χ3v) is 4.17. The average Bonchev–Trinajstić information content (AvgIpc) is 2.64. The van der Waals surface area contributed by atoms with Gasteiger partial charge in [-0.1, -0.05) is 43.1 Å². The normalized spacial score (nSPS) is 11.6. The van der Waals surface area contributed by atoms with Crippen LogP contribution in [0.3, 0.4) is 0 Å². The predicted molar refractivity (Wildman–Crippen MR) is 104 cm³/mol. The van der Waals surface area contributed by atoms with Crippen LogP contribution in [-0.2, 0) is 4.79 Å². The first-order valence-corrected chi connectivity index (χ1v) is 8.89. The summed E-state index contributed by atoms with van der Waals surface area (Å²) in [6.07, 6.45) is 0. The molecule has 2 rings (SSSR count). The number of benzene rings is 2. The van der Waals surface area contributed by atoms with Gasteiger partial charge in [0.15, 0.2) is 0 Å². The maximum absolute atomic E-state index is 12.4. The van der Waals surface area contributed by atoms with E-state index in [0.29, 0.717) is 16.1 Å². The molecule has 0 saturated heterocycles. The van der Waals surface area contributed by atoms with Gasteiger partial charge in [0.05, 0.1) is 0 Å². The molecule has 0 radical (unpaired) electrons. The Morgan fingerprint density at radius 3 is 2.15 bits per heavy atom. The van der Waals surface area contributed by atoms with Gasteiger partial charge in [0, 0.05) is 16.1 Å². The van der Waals surface area contributed by atoms with E-state index in [-0.39, 0.29) is 11.8 Å². The van der Waals surface area contributed by atoms with Crippen LogP contribution < -0.4 is 16.2 Å². The fraction of sp³-hybridized carbons (Fsp3) is 0.250. The monoisotopic (exact) mass is 387 g/mol. The summed E-state index contributed by atoms with van der Waals surface area (Å²) in [5, 5.41) is 3.22. The molecule has 1 atom stereocenters. The third-order valence-electron chi connectivity index (χ3n) is 3.92. The second-order valence-electron chi connectivity index (χ2n) is 6.51. The van der Waals surface area contributed by atoms with E-state index in [1.54, 1.807) is 42.5 Å². The Hall–Kier alpha value is -2.86. The zero-order valence-corrected chi connectivity index (χ0v) is 16.1. The van der Waals surface area contributed by atoms with E-state index in [0.717, 1.165) is 5.56 Å². The number of rotatable bonds is 5. The number of carbonyl (C=O) groups excluding carboxylic acids is 3. The van der Waals surface area contributed by atoms with Crippen LogP contribution in [-0.4, -0.2) is 23.8 Å². The summed E-state index contributed by atoms with van der Waals surface area (Å²) in [5.74, 6) is -1.51. The fourth-order valence-corrected chi connectivity index (χ4v) is 2.54. The van der Waals surface area contributed by atoms with E-state index in [9.17, 15) is 14.4 Å². The molecule has 0 aliphatic heterocycles. The van der Waals surface area contributed by atoms with Crippen LogP contribution in [0.4, 0.5) is 0 Å². The lowest BCUT2D eigenvalue weighted by molar-refractivity contribution is -0.124. The van der Waals surface area contributed by atoms with Gasteiger partial charge < -0.3 is 5.32 Å². The topological polar surface area (TPSA) is 87.3 Å². The number of nitrogens with one attached hydrogen (secondary N) is 3. The van der Waals surface area contributed by atoms with Crippen molar-refractivity contribution in [2.24, 2.45) is 5.92 Å². The zero-order valence-electron chi connectivity index (χ0n) is 15.4.